The van der Waals surface area contributed by atoms with Crippen LogP contribution < -0.4 is 20.5 Å². The van der Waals surface area contributed by atoms with Crippen molar-refractivity contribution in [3.05, 3.63) is 24.3 Å². The number of piperidine rings is 1. The Balaban J connectivity index is 0.00000364. The highest BCUT2D eigenvalue weighted by molar-refractivity contribution is 14.0. The van der Waals surface area contributed by atoms with Gasteiger partial charge in [-0.15, -0.1) is 24.0 Å². The van der Waals surface area contributed by atoms with Crippen LogP contribution in [0, 0.1) is 5.92 Å². The zero-order valence-corrected chi connectivity index (χ0v) is 18.6. The van der Waals surface area contributed by atoms with Gasteiger partial charge in [0, 0.05) is 26.6 Å². The molecule has 1 amide bonds. The maximum absolute atomic E-state index is 11.2. The second-order valence-corrected chi connectivity index (χ2v) is 6.66. The molecule has 152 valence electrons. The summed E-state index contributed by atoms with van der Waals surface area (Å²) in [5.41, 5.74) is 5.34. The van der Waals surface area contributed by atoms with Crippen LogP contribution in [0.15, 0.2) is 29.3 Å². The third-order valence-corrected chi connectivity index (χ3v) is 4.46. The van der Waals surface area contributed by atoms with Crippen molar-refractivity contribution >= 4 is 35.8 Å². The first-order valence-electron chi connectivity index (χ1n) is 9.06. The monoisotopic (exact) mass is 490 g/mol. The summed E-state index contributed by atoms with van der Waals surface area (Å²) in [5.74, 6) is 2.51. The second-order valence-electron chi connectivity index (χ2n) is 6.66. The van der Waals surface area contributed by atoms with Gasteiger partial charge in [0.15, 0.2) is 5.96 Å². The lowest BCUT2D eigenvalue weighted by atomic mass is 9.95. The molecule has 1 aliphatic heterocycles. The lowest BCUT2D eigenvalue weighted by Gasteiger charge is -2.35. The fraction of sp³-hybridized carbons (Fsp3) is 0.579. The first kappa shape index (κ1) is 23.3. The normalized spacial score (nSPS) is 18.3. The van der Waals surface area contributed by atoms with Gasteiger partial charge in [-0.1, -0.05) is 0 Å². The standard InChI is InChI=1S/C19H30N4O3.HI/c1-14(26-17-8-6-16(25-3)7-9-17)12-22-19(21-2)23-10-4-5-15(13-23)11-18(20)24;/h6-9,14-15H,4-5,10-13H2,1-3H3,(H2,20,24)(H,21,22);1H. The number of ether oxygens (including phenoxy) is 2. The number of amides is 1. The fourth-order valence-corrected chi connectivity index (χ4v) is 3.20. The van der Waals surface area contributed by atoms with Gasteiger partial charge in [0.25, 0.3) is 0 Å². The first-order valence-corrected chi connectivity index (χ1v) is 9.06. The smallest absolute Gasteiger partial charge is 0.217 e. The van der Waals surface area contributed by atoms with E-state index in [9.17, 15) is 4.79 Å². The quantitative estimate of drug-likeness (QED) is 0.348. The Bertz CT molecular complexity index is 609. The van der Waals surface area contributed by atoms with Gasteiger partial charge in [-0.3, -0.25) is 9.79 Å². The average Bonchev–Trinajstić information content (AvgIpc) is 2.62. The third kappa shape index (κ3) is 7.82. The number of nitrogens with zero attached hydrogens (tertiary/aromatic N) is 2. The van der Waals surface area contributed by atoms with Crippen molar-refractivity contribution in [3.63, 3.8) is 0 Å². The SMILES string of the molecule is CN=C(NCC(C)Oc1ccc(OC)cc1)N1CCCC(CC(N)=O)C1.I. The number of hydrogen-bond acceptors (Lipinski definition) is 4. The van der Waals surface area contributed by atoms with Crippen molar-refractivity contribution in [2.75, 3.05) is 33.8 Å². The number of guanidine groups is 1. The summed E-state index contributed by atoms with van der Waals surface area (Å²) in [6.45, 7) is 4.38. The number of likely N-dealkylation sites (tertiary alicyclic amines) is 1. The molecule has 1 heterocycles. The van der Waals surface area contributed by atoms with Crippen molar-refractivity contribution in [1.29, 1.82) is 0 Å². The van der Waals surface area contributed by atoms with E-state index in [0.717, 1.165) is 43.4 Å². The summed E-state index contributed by atoms with van der Waals surface area (Å²) >= 11 is 0. The number of halogens is 1. The summed E-state index contributed by atoms with van der Waals surface area (Å²) in [6, 6.07) is 7.54. The number of rotatable bonds is 7. The number of primary amides is 1. The Labute approximate surface area is 178 Å². The Hall–Kier alpha value is -1.71. The van der Waals surface area contributed by atoms with E-state index in [1.54, 1.807) is 14.2 Å². The van der Waals surface area contributed by atoms with Crippen molar-refractivity contribution in [1.82, 2.24) is 10.2 Å². The van der Waals surface area contributed by atoms with Gasteiger partial charge in [0.2, 0.25) is 5.91 Å². The van der Waals surface area contributed by atoms with E-state index >= 15 is 0 Å². The van der Waals surface area contributed by atoms with E-state index in [1.807, 2.05) is 31.2 Å². The van der Waals surface area contributed by atoms with Crippen LogP contribution in [0.4, 0.5) is 0 Å². The lowest BCUT2D eigenvalue weighted by Crippen LogP contribution is -2.49. The van der Waals surface area contributed by atoms with E-state index in [2.05, 4.69) is 15.2 Å². The molecule has 7 nitrogen and oxygen atoms in total. The molecule has 0 spiro atoms. The molecule has 2 rings (SSSR count). The van der Waals surface area contributed by atoms with Crippen LogP contribution in [0.1, 0.15) is 26.2 Å². The molecular weight excluding hydrogens is 459 g/mol. The number of nitrogens with one attached hydrogen (secondary N) is 1. The molecule has 1 aliphatic rings. The van der Waals surface area contributed by atoms with E-state index in [-0.39, 0.29) is 36.0 Å². The van der Waals surface area contributed by atoms with Gasteiger partial charge in [0.1, 0.15) is 17.6 Å². The Kier molecular flexibility index (Phi) is 10.3. The molecule has 8 heteroatoms. The van der Waals surface area contributed by atoms with Gasteiger partial charge < -0.3 is 25.4 Å². The molecule has 1 aromatic carbocycles. The summed E-state index contributed by atoms with van der Waals surface area (Å²) in [7, 11) is 3.41. The van der Waals surface area contributed by atoms with E-state index < -0.39 is 0 Å². The predicted molar refractivity (Wildman–Crippen MR) is 118 cm³/mol. The second kappa shape index (κ2) is 11.9. The minimum atomic E-state index is -0.235. The topological polar surface area (TPSA) is 89.2 Å². The van der Waals surface area contributed by atoms with Crippen LogP contribution in [-0.2, 0) is 4.79 Å². The van der Waals surface area contributed by atoms with Crippen LogP contribution in [0.5, 0.6) is 11.5 Å². The number of aliphatic imine (C=N–C) groups is 1. The zero-order valence-electron chi connectivity index (χ0n) is 16.3. The summed E-state index contributed by atoms with van der Waals surface area (Å²) < 4.78 is 11.1. The maximum atomic E-state index is 11.2. The lowest BCUT2D eigenvalue weighted by molar-refractivity contribution is -0.119. The highest BCUT2D eigenvalue weighted by atomic mass is 127. The first-order chi connectivity index (χ1) is 12.5. The molecular formula is C19H31IN4O3. The maximum Gasteiger partial charge on any atom is 0.217 e. The zero-order chi connectivity index (χ0) is 18.9. The summed E-state index contributed by atoms with van der Waals surface area (Å²) in [6.07, 6.45) is 2.49. The molecule has 2 atom stereocenters. The molecule has 2 unspecified atom stereocenters. The molecule has 0 bridgehead atoms. The van der Waals surface area contributed by atoms with Gasteiger partial charge in [0.05, 0.1) is 13.7 Å². The molecule has 0 aliphatic carbocycles. The molecule has 0 radical (unpaired) electrons. The number of nitrogens with two attached hydrogens (primary N) is 1. The van der Waals surface area contributed by atoms with Gasteiger partial charge in [-0.05, 0) is 49.9 Å². The number of methoxy groups -OCH3 is 1. The van der Waals surface area contributed by atoms with E-state index in [4.69, 9.17) is 15.2 Å². The van der Waals surface area contributed by atoms with Crippen LogP contribution in [0.2, 0.25) is 0 Å². The minimum absolute atomic E-state index is 0. The third-order valence-electron chi connectivity index (χ3n) is 4.46. The Morgan fingerprint density at radius 2 is 2.04 bits per heavy atom. The average molecular weight is 490 g/mol. The number of hydrogen-bond donors (Lipinski definition) is 2. The van der Waals surface area contributed by atoms with E-state index in [0.29, 0.717) is 18.9 Å². The Morgan fingerprint density at radius 1 is 1.37 bits per heavy atom. The molecule has 27 heavy (non-hydrogen) atoms. The number of benzene rings is 1. The molecule has 1 saturated heterocycles. The molecule has 3 N–H and O–H groups in total. The van der Waals surface area contributed by atoms with Gasteiger partial charge in [-0.25, -0.2) is 0 Å². The van der Waals surface area contributed by atoms with Crippen LogP contribution in [0.3, 0.4) is 0 Å². The van der Waals surface area contributed by atoms with Crippen LogP contribution >= 0.6 is 24.0 Å². The van der Waals surface area contributed by atoms with Crippen molar-refractivity contribution in [2.45, 2.75) is 32.3 Å². The molecule has 1 fully saturated rings. The highest BCUT2D eigenvalue weighted by Crippen LogP contribution is 2.20. The predicted octanol–water partition coefficient (Wildman–Crippen LogP) is 2.24. The molecule has 0 aromatic heterocycles. The highest BCUT2D eigenvalue weighted by Gasteiger charge is 2.23. The summed E-state index contributed by atoms with van der Waals surface area (Å²) in [5, 5.41) is 3.37. The largest absolute Gasteiger partial charge is 0.497 e. The van der Waals surface area contributed by atoms with Crippen molar-refractivity contribution in [3.8, 4) is 11.5 Å². The number of carbonyl (C=O) groups is 1. The van der Waals surface area contributed by atoms with Crippen LogP contribution in [-0.4, -0.2) is 56.7 Å². The molecule has 0 saturated carbocycles. The number of carbonyl (C=O) groups excluding carboxylic acids is 1. The molecule has 1 aromatic rings. The van der Waals surface area contributed by atoms with Gasteiger partial charge >= 0.3 is 0 Å². The minimum Gasteiger partial charge on any atom is -0.497 e. The Morgan fingerprint density at radius 3 is 2.63 bits per heavy atom. The summed E-state index contributed by atoms with van der Waals surface area (Å²) in [4.78, 5) is 17.7. The van der Waals surface area contributed by atoms with Crippen LogP contribution in [0.25, 0.3) is 0 Å². The van der Waals surface area contributed by atoms with E-state index in [1.165, 1.54) is 0 Å². The van der Waals surface area contributed by atoms with Crippen molar-refractivity contribution in [2.24, 2.45) is 16.6 Å². The van der Waals surface area contributed by atoms with Crippen molar-refractivity contribution < 1.29 is 14.3 Å². The fourth-order valence-electron chi connectivity index (χ4n) is 3.20. The van der Waals surface area contributed by atoms with Gasteiger partial charge in [-0.2, -0.15) is 0 Å².